The minimum atomic E-state index is -1.11. The van der Waals surface area contributed by atoms with Gasteiger partial charge in [-0.3, -0.25) is 19.3 Å². The molecule has 1 aromatic carbocycles. The van der Waals surface area contributed by atoms with E-state index in [-0.39, 0.29) is 6.54 Å². The summed E-state index contributed by atoms with van der Waals surface area (Å²) < 4.78 is 0. The molecule has 1 fully saturated rings. The largest absolute Gasteiger partial charge is 0.481 e. The molecule has 1 heterocycles. The number of nitrogens with one attached hydrogen (secondary N) is 2. The third-order valence-corrected chi connectivity index (χ3v) is 6.16. The van der Waals surface area contributed by atoms with Crippen molar-refractivity contribution in [3.63, 3.8) is 0 Å². The molecular weight excluding hydrogens is 362 g/mol. The first-order chi connectivity index (χ1) is 13.3. The van der Waals surface area contributed by atoms with Gasteiger partial charge in [-0.25, -0.2) is 4.79 Å². The van der Waals surface area contributed by atoms with Gasteiger partial charge in [0.25, 0.3) is 5.91 Å². The fraction of sp³-hybridized carbons (Fsp3) is 0.500. The highest BCUT2D eigenvalue weighted by molar-refractivity contribution is 6.09. The van der Waals surface area contributed by atoms with Crippen LogP contribution in [0.25, 0.3) is 0 Å². The van der Waals surface area contributed by atoms with Gasteiger partial charge in [0.2, 0.25) is 5.91 Å². The van der Waals surface area contributed by atoms with Crippen molar-refractivity contribution in [3.8, 4) is 0 Å². The van der Waals surface area contributed by atoms with Crippen LogP contribution >= 0.6 is 0 Å². The van der Waals surface area contributed by atoms with Gasteiger partial charge in [0, 0.05) is 6.54 Å². The van der Waals surface area contributed by atoms with Crippen LogP contribution in [0.3, 0.4) is 0 Å². The molecule has 1 unspecified atom stereocenters. The van der Waals surface area contributed by atoms with E-state index >= 15 is 0 Å². The Morgan fingerprint density at radius 3 is 2.57 bits per heavy atom. The van der Waals surface area contributed by atoms with E-state index in [0.717, 1.165) is 16.0 Å². The number of hydrogen-bond donors (Lipinski definition) is 3. The monoisotopic (exact) mass is 387 g/mol. The maximum atomic E-state index is 13.0. The number of urea groups is 1. The lowest BCUT2D eigenvalue weighted by atomic mass is 9.82. The second-order valence-electron chi connectivity index (χ2n) is 7.45. The lowest BCUT2D eigenvalue weighted by Crippen LogP contribution is -2.47. The molecule has 0 radical (unpaired) electrons. The molecule has 1 aliphatic carbocycles. The Labute approximate surface area is 163 Å². The van der Waals surface area contributed by atoms with Gasteiger partial charge in [-0.05, 0) is 36.8 Å². The SMILES string of the molecule is CCC(CC)(CNC(=O)CN1C(=O)NC2(CCc3ccccc32)C1=O)C(=O)O. The standard InChI is InChI=1S/C20H25N3O5/c1-3-19(4-2,17(26)27)12-21-15(24)11-23-16(25)20(22-18(23)28)10-9-13-7-5-6-8-14(13)20/h5-8H,3-4,9-12H2,1-2H3,(H,21,24)(H,22,28)(H,26,27). The van der Waals surface area contributed by atoms with Gasteiger partial charge < -0.3 is 15.7 Å². The number of carboxylic acids is 1. The molecule has 1 atom stereocenters. The number of nitrogens with zero attached hydrogens (tertiary/aromatic N) is 1. The summed E-state index contributed by atoms with van der Waals surface area (Å²) >= 11 is 0. The van der Waals surface area contributed by atoms with E-state index in [4.69, 9.17) is 0 Å². The number of hydrogen-bond acceptors (Lipinski definition) is 4. The van der Waals surface area contributed by atoms with E-state index in [1.54, 1.807) is 13.8 Å². The molecule has 150 valence electrons. The van der Waals surface area contributed by atoms with Gasteiger partial charge in [0.15, 0.2) is 0 Å². The number of carbonyl (C=O) groups is 4. The van der Waals surface area contributed by atoms with Crippen molar-refractivity contribution >= 4 is 23.8 Å². The van der Waals surface area contributed by atoms with E-state index in [0.29, 0.717) is 25.7 Å². The molecule has 8 nitrogen and oxygen atoms in total. The first-order valence-corrected chi connectivity index (χ1v) is 9.52. The molecular formula is C20H25N3O5. The summed E-state index contributed by atoms with van der Waals surface area (Å²) in [6.07, 6.45) is 1.86. The van der Waals surface area contributed by atoms with E-state index < -0.39 is 41.3 Å². The van der Waals surface area contributed by atoms with Gasteiger partial charge in [-0.2, -0.15) is 0 Å². The maximum absolute atomic E-state index is 13.0. The Morgan fingerprint density at radius 1 is 1.25 bits per heavy atom. The molecule has 8 heteroatoms. The molecule has 1 saturated heterocycles. The molecule has 0 aromatic heterocycles. The first kappa shape index (κ1) is 19.9. The summed E-state index contributed by atoms with van der Waals surface area (Å²) in [6.45, 7) is 3.02. The molecule has 0 bridgehead atoms. The van der Waals surface area contributed by atoms with Crippen LogP contribution in [0.4, 0.5) is 4.79 Å². The highest BCUT2D eigenvalue weighted by Crippen LogP contribution is 2.41. The predicted molar refractivity (Wildman–Crippen MR) is 100 cm³/mol. The average molecular weight is 387 g/mol. The summed E-state index contributed by atoms with van der Waals surface area (Å²) in [4.78, 5) is 50.3. The predicted octanol–water partition coefficient (Wildman–Crippen LogP) is 1.39. The van der Waals surface area contributed by atoms with E-state index in [1.807, 2.05) is 24.3 Å². The van der Waals surface area contributed by atoms with Crippen LogP contribution in [0.15, 0.2) is 24.3 Å². The summed E-state index contributed by atoms with van der Waals surface area (Å²) in [5, 5.41) is 14.8. The molecule has 3 N–H and O–H groups in total. The van der Waals surface area contributed by atoms with E-state index in [2.05, 4.69) is 10.6 Å². The molecule has 3 rings (SSSR count). The fourth-order valence-corrected chi connectivity index (χ4v) is 4.08. The van der Waals surface area contributed by atoms with Crippen molar-refractivity contribution in [3.05, 3.63) is 35.4 Å². The Hall–Kier alpha value is -2.90. The third kappa shape index (κ3) is 3.02. The Morgan fingerprint density at radius 2 is 1.93 bits per heavy atom. The van der Waals surface area contributed by atoms with Crippen molar-refractivity contribution in [2.45, 2.75) is 45.1 Å². The number of rotatable bonds is 7. The van der Waals surface area contributed by atoms with Crippen LogP contribution in [-0.4, -0.2) is 46.9 Å². The number of fused-ring (bicyclic) bond motifs is 2. The highest BCUT2D eigenvalue weighted by Gasteiger charge is 2.55. The first-order valence-electron chi connectivity index (χ1n) is 9.52. The van der Waals surface area contributed by atoms with Crippen LogP contribution < -0.4 is 10.6 Å². The van der Waals surface area contributed by atoms with Gasteiger partial charge >= 0.3 is 12.0 Å². The minimum Gasteiger partial charge on any atom is -0.481 e. The van der Waals surface area contributed by atoms with Crippen molar-refractivity contribution in [1.29, 1.82) is 0 Å². The Kier molecular flexibility index (Phi) is 5.14. The maximum Gasteiger partial charge on any atom is 0.325 e. The summed E-state index contributed by atoms with van der Waals surface area (Å²) in [6, 6.07) is 6.86. The van der Waals surface area contributed by atoms with Crippen LogP contribution in [0, 0.1) is 5.41 Å². The van der Waals surface area contributed by atoms with E-state index in [9.17, 15) is 24.3 Å². The van der Waals surface area contributed by atoms with Crippen LogP contribution in [0.1, 0.15) is 44.2 Å². The topological polar surface area (TPSA) is 116 Å². The normalized spacial score (nSPS) is 21.0. The molecule has 1 spiro atoms. The van der Waals surface area contributed by atoms with Crippen molar-refractivity contribution < 1.29 is 24.3 Å². The highest BCUT2D eigenvalue weighted by atomic mass is 16.4. The number of benzene rings is 1. The molecule has 0 saturated carbocycles. The van der Waals surface area contributed by atoms with Crippen LogP contribution in [0.2, 0.25) is 0 Å². The third-order valence-electron chi connectivity index (χ3n) is 6.16. The Balaban J connectivity index is 1.70. The molecule has 1 aromatic rings. The summed E-state index contributed by atoms with van der Waals surface area (Å²) in [5.74, 6) is -1.97. The molecule has 2 aliphatic rings. The van der Waals surface area contributed by atoms with Crippen LogP contribution in [-0.2, 0) is 26.3 Å². The Bertz CT molecular complexity index is 833. The quantitative estimate of drug-likeness (QED) is 0.612. The number of carboxylic acid groups (broad SMARTS) is 1. The van der Waals surface area contributed by atoms with Crippen molar-refractivity contribution in [2.75, 3.05) is 13.1 Å². The lowest BCUT2D eigenvalue weighted by molar-refractivity contribution is -0.149. The smallest absolute Gasteiger partial charge is 0.325 e. The lowest BCUT2D eigenvalue weighted by Gasteiger charge is -2.27. The van der Waals surface area contributed by atoms with Gasteiger partial charge in [0.05, 0.1) is 5.41 Å². The molecule has 4 amide bonds. The zero-order valence-corrected chi connectivity index (χ0v) is 16.1. The number of aryl methyl sites for hydroxylation is 1. The van der Waals surface area contributed by atoms with Gasteiger partial charge in [-0.1, -0.05) is 38.1 Å². The number of carbonyl (C=O) groups excluding carboxylic acids is 3. The van der Waals surface area contributed by atoms with Gasteiger partial charge in [-0.15, -0.1) is 0 Å². The van der Waals surface area contributed by atoms with Crippen LogP contribution in [0.5, 0.6) is 0 Å². The molecule has 28 heavy (non-hydrogen) atoms. The fourth-order valence-electron chi connectivity index (χ4n) is 4.08. The number of aliphatic carboxylic acids is 1. The summed E-state index contributed by atoms with van der Waals surface area (Å²) in [7, 11) is 0. The summed E-state index contributed by atoms with van der Waals surface area (Å²) in [5.41, 5.74) is -0.373. The van der Waals surface area contributed by atoms with Crippen molar-refractivity contribution in [2.24, 2.45) is 5.41 Å². The molecule has 1 aliphatic heterocycles. The zero-order valence-electron chi connectivity index (χ0n) is 16.1. The second-order valence-corrected chi connectivity index (χ2v) is 7.45. The average Bonchev–Trinajstić information content (AvgIpc) is 3.16. The number of imide groups is 1. The minimum absolute atomic E-state index is 0.0498. The van der Waals surface area contributed by atoms with E-state index in [1.165, 1.54) is 0 Å². The van der Waals surface area contributed by atoms with Gasteiger partial charge in [0.1, 0.15) is 12.1 Å². The second kappa shape index (κ2) is 7.26. The van der Waals surface area contributed by atoms with Crippen molar-refractivity contribution in [1.82, 2.24) is 15.5 Å². The number of amides is 4. The zero-order chi connectivity index (χ0) is 20.5.